The van der Waals surface area contributed by atoms with Gasteiger partial charge in [-0.2, -0.15) is 0 Å². The van der Waals surface area contributed by atoms with E-state index < -0.39 is 10.0 Å². The fourth-order valence-corrected chi connectivity index (χ4v) is 3.54. The lowest BCUT2D eigenvalue weighted by Gasteiger charge is -2.21. The van der Waals surface area contributed by atoms with Crippen molar-refractivity contribution in [1.82, 2.24) is 4.72 Å². The van der Waals surface area contributed by atoms with Crippen molar-refractivity contribution in [2.75, 3.05) is 5.33 Å². The molecule has 3 nitrogen and oxygen atoms in total. The van der Waals surface area contributed by atoms with Gasteiger partial charge in [-0.3, -0.25) is 0 Å². The SMILES string of the molecule is Cc1ccc(S(=O)(=O)NC(CCBr)C(C)C)cc1. The van der Waals surface area contributed by atoms with Gasteiger partial charge in [0.2, 0.25) is 10.0 Å². The summed E-state index contributed by atoms with van der Waals surface area (Å²) in [6, 6.07) is 6.86. The van der Waals surface area contributed by atoms with Gasteiger partial charge in [-0.05, 0) is 31.4 Å². The minimum absolute atomic E-state index is 0.0457. The highest BCUT2D eigenvalue weighted by molar-refractivity contribution is 9.09. The predicted molar refractivity (Wildman–Crippen MR) is 78.5 cm³/mol. The zero-order valence-corrected chi connectivity index (χ0v) is 13.4. The molecule has 18 heavy (non-hydrogen) atoms. The van der Waals surface area contributed by atoms with Crippen molar-refractivity contribution in [1.29, 1.82) is 0 Å². The molecular formula is C13H20BrNO2S. The maximum Gasteiger partial charge on any atom is 0.240 e. The van der Waals surface area contributed by atoms with Crippen LogP contribution in [0.25, 0.3) is 0 Å². The fourth-order valence-electron chi connectivity index (χ4n) is 1.63. The molecule has 1 unspecified atom stereocenters. The van der Waals surface area contributed by atoms with Crippen LogP contribution in [-0.2, 0) is 10.0 Å². The highest BCUT2D eigenvalue weighted by atomic mass is 79.9. The van der Waals surface area contributed by atoms with Gasteiger partial charge in [0.25, 0.3) is 0 Å². The molecule has 0 heterocycles. The van der Waals surface area contributed by atoms with Gasteiger partial charge in [-0.25, -0.2) is 13.1 Å². The van der Waals surface area contributed by atoms with Crippen molar-refractivity contribution < 1.29 is 8.42 Å². The molecule has 0 aliphatic rings. The monoisotopic (exact) mass is 333 g/mol. The standard InChI is InChI=1S/C13H20BrNO2S/c1-10(2)13(8-9-14)15-18(16,17)12-6-4-11(3)5-7-12/h4-7,10,13,15H,8-9H2,1-3H3. The molecule has 5 heteroatoms. The summed E-state index contributed by atoms with van der Waals surface area (Å²) in [5.74, 6) is 0.266. The van der Waals surface area contributed by atoms with E-state index >= 15 is 0 Å². The lowest BCUT2D eigenvalue weighted by atomic mass is 10.0. The zero-order valence-electron chi connectivity index (χ0n) is 11.0. The minimum atomic E-state index is -3.41. The van der Waals surface area contributed by atoms with E-state index in [9.17, 15) is 8.42 Å². The number of aryl methyl sites for hydroxylation is 1. The molecule has 0 fully saturated rings. The Morgan fingerprint density at radius 3 is 2.22 bits per heavy atom. The van der Waals surface area contributed by atoms with Crippen LogP contribution in [0.2, 0.25) is 0 Å². The summed E-state index contributed by atoms with van der Waals surface area (Å²) in [5.41, 5.74) is 1.05. The molecule has 0 bridgehead atoms. The summed E-state index contributed by atoms with van der Waals surface area (Å²) in [6.07, 6.45) is 0.781. The van der Waals surface area contributed by atoms with Crippen LogP contribution >= 0.6 is 15.9 Å². The van der Waals surface area contributed by atoms with E-state index in [1.807, 2.05) is 32.9 Å². The molecule has 0 radical (unpaired) electrons. The van der Waals surface area contributed by atoms with Gasteiger partial charge in [0.1, 0.15) is 0 Å². The third-order valence-corrected chi connectivity index (χ3v) is 4.83. The molecule has 0 amide bonds. The largest absolute Gasteiger partial charge is 0.240 e. The maximum absolute atomic E-state index is 12.2. The molecule has 1 N–H and O–H groups in total. The first-order valence-corrected chi connectivity index (χ1v) is 8.62. The number of benzene rings is 1. The lowest BCUT2D eigenvalue weighted by molar-refractivity contribution is 0.440. The van der Waals surface area contributed by atoms with Crippen molar-refractivity contribution >= 4 is 26.0 Å². The molecule has 0 saturated heterocycles. The van der Waals surface area contributed by atoms with Crippen molar-refractivity contribution in [3.63, 3.8) is 0 Å². The van der Waals surface area contributed by atoms with Crippen molar-refractivity contribution in [2.24, 2.45) is 5.92 Å². The Morgan fingerprint density at radius 2 is 1.78 bits per heavy atom. The highest BCUT2D eigenvalue weighted by Gasteiger charge is 2.21. The average Bonchev–Trinajstić information content (AvgIpc) is 2.28. The molecule has 1 rings (SSSR count). The van der Waals surface area contributed by atoms with Crippen LogP contribution in [0.3, 0.4) is 0 Å². The molecule has 102 valence electrons. The molecule has 1 aromatic carbocycles. The summed E-state index contributed by atoms with van der Waals surface area (Å²) in [5, 5.41) is 0.784. The number of halogens is 1. The van der Waals surface area contributed by atoms with E-state index in [1.54, 1.807) is 12.1 Å². The van der Waals surface area contributed by atoms with Gasteiger partial charge in [0.15, 0.2) is 0 Å². The second kappa shape index (κ2) is 6.68. The Labute approximate surface area is 118 Å². The first-order valence-electron chi connectivity index (χ1n) is 6.02. The summed E-state index contributed by atoms with van der Waals surface area (Å²) in [7, 11) is -3.41. The van der Waals surface area contributed by atoms with Crippen molar-refractivity contribution in [2.45, 2.75) is 38.1 Å². The van der Waals surface area contributed by atoms with Crippen LogP contribution in [0, 0.1) is 12.8 Å². The zero-order chi connectivity index (χ0) is 13.8. The predicted octanol–water partition coefficient (Wildman–Crippen LogP) is 3.08. The first kappa shape index (κ1) is 15.7. The third kappa shape index (κ3) is 4.37. The van der Waals surface area contributed by atoms with Crippen LogP contribution in [0.5, 0.6) is 0 Å². The van der Waals surface area contributed by atoms with Crippen molar-refractivity contribution in [3.8, 4) is 0 Å². The Hall–Kier alpha value is -0.390. The second-order valence-corrected chi connectivity index (χ2v) is 7.27. The van der Waals surface area contributed by atoms with Crippen LogP contribution in [0.4, 0.5) is 0 Å². The van der Waals surface area contributed by atoms with E-state index in [-0.39, 0.29) is 12.0 Å². The molecule has 0 aromatic heterocycles. The Kier molecular flexibility index (Phi) is 5.82. The molecule has 0 aliphatic heterocycles. The Bertz CT molecular complexity index is 468. The number of nitrogens with one attached hydrogen (secondary N) is 1. The van der Waals surface area contributed by atoms with E-state index in [0.29, 0.717) is 4.90 Å². The number of hydrogen-bond acceptors (Lipinski definition) is 2. The van der Waals surface area contributed by atoms with Gasteiger partial charge in [0.05, 0.1) is 4.90 Å². The molecule has 0 spiro atoms. The molecular weight excluding hydrogens is 314 g/mol. The minimum Gasteiger partial charge on any atom is -0.208 e. The number of sulfonamides is 1. The van der Waals surface area contributed by atoms with Gasteiger partial charge in [0, 0.05) is 11.4 Å². The summed E-state index contributed by atoms with van der Waals surface area (Å²) < 4.78 is 27.2. The lowest BCUT2D eigenvalue weighted by Crippen LogP contribution is -2.38. The van der Waals surface area contributed by atoms with Crippen LogP contribution in [0.15, 0.2) is 29.2 Å². The van der Waals surface area contributed by atoms with Crippen LogP contribution in [-0.4, -0.2) is 19.8 Å². The number of hydrogen-bond donors (Lipinski definition) is 1. The summed E-state index contributed by atoms with van der Waals surface area (Å²) in [4.78, 5) is 0.327. The normalized spacial score (nSPS) is 13.8. The summed E-state index contributed by atoms with van der Waals surface area (Å²) in [6.45, 7) is 5.97. The van der Waals surface area contributed by atoms with Gasteiger partial charge < -0.3 is 0 Å². The summed E-state index contributed by atoms with van der Waals surface area (Å²) >= 11 is 3.36. The van der Waals surface area contributed by atoms with Gasteiger partial charge in [-0.15, -0.1) is 0 Å². The van der Waals surface area contributed by atoms with Crippen LogP contribution < -0.4 is 4.72 Å². The molecule has 0 aliphatic carbocycles. The van der Waals surface area contributed by atoms with E-state index in [1.165, 1.54) is 0 Å². The molecule has 1 atom stereocenters. The smallest absolute Gasteiger partial charge is 0.208 e. The van der Waals surface area contributed by atoms with E-state index in [0.717, 1.165) is 17.3 Å². The van der Waals surface area contributed by atoms with Gasteiger partial charge >= 0.3 is 0 Å². The molecule has 0 saturated carbocycles. The van der Waals surface area contributed by atoms with Crippen LogP contribution in [0.1, 0.15) is 25.8 Å². The Balaban J connectivity index is 2.89. The average molecular weight is 334 g/mol. The second-order valence-electron chi connectivity index (χ2n) is 4.76. The number of alkyl halides is 1. The van der Waals surface area contributed by atoms with E-state index in [4.69, 9.17) is 0 Å². The topological polar surface area (TPSA) is 46.2 Å². The van der Waals surface area contributed by atoms with Gasteiger partial charge in [-0.1, -0.05) is 47.5 Å². The highest BCUT2D eigenvalue weighted by Crippen LogP contribution is 2.15. The third-order valence-electron chi connectivity index (χ3n) is 2.86. The maximum atomic E-state index is 12.2. The number of rotatable bonds is 6. The fraction of sp³-hybridized carbons (Fsp3) is 0.538. The quantitative estimate of drug-likeness (QED) is 0.813. The van der Waals surface area contributed by atoms with E-state index in [2.05, 4.69) is 20.7 Å². The molecule has 1 aromatic rings. The Morgan fingerprint density at radius 1 is 1.22 bits per heavy atom. The first-order chi connectivity index (χ1) is 8.36. The van der Waals surface area contributed by atoms with Crippen molar-refractivity contribution in [3.05, 3.63) is 29.8 Å².